The monoisotopic (exact) mass is 319 g/mol. The first-order chi connectivity index (χ1) is 9.90. The molecule has 1 fully saturated rings. The summed E-state index contributed by atoms with van der Waals surface area (Å²) < 4.78 is 29.4. The number of hydrogen-bond donors (Lipinski definition) is 1. The second-order valence-corrected chi connectivity index (χ2v) is 5.79. The van der Waals surface area contributed by atoms with Crippen LogP contribution in [0.15, 0.2) is 16.5 Å². The first kappa shape index (κ1) is 15.8. The van der Waals surface area contributed by atoms with Crippen molar-refractivity contribution in [3.8, 4) is 0 Å². The van der Waals surface area contributed by atoms with Gasteiger partial charge < -0.3 is 14.4 Å². The zero-order chi connectivity index (χ0) is 15.6. The molecular weight excluding hydrogens is 304 g/mol. The van der Waals surface area contributed by atoms with Crippen molar-refractivity contribution >= 4 is 23.6 Å². The van der Waals surface area contributed by atoms with Crippen LogP contribution in [0.3, 0.4) is 0 Å². The lowest BCUT2D eigenvalue weighted by molar-refractivity contribution is -0.142. The second kappa shape index (κ2) is 6.46. The number of amides is 1. The summed E-state index contributed by atoms with van der Waals surface area (Å²) >= 11 is 0.417. The zero-order valence-corrected chi connectivity index (χ0v) is 12.1. The summed E-state index contributed by atoms with van der Waals surface area (Å²) in [5, 5.41) is 9.04. The number of thioether (sulfide) groups is 1. The van der Waals surface area contributed by atoms with Crippen molar-refractivity contribution in [3.05, 3.63) is 23.7 Å². The van der Waals surface area contributed by atoms with E-state index in [2.05, 4.69) is 0 Å². The van der Waals surface area contributed by atoms with Crippen molar-refractivity contribution in [3.63, 3.8) is 0 Å². The molecule has 1 aliphatic rings. The Morgan fingerprint density at radius 1 is 1.52 bits per heavy atom. The molecule has 1 N–H and O–H groups in total. The lowest BCUT2D eigenvalue weighted by Crippen LogP contribution is -2.37. The Balaban J connectivity index is 2.02. The fourth-order valence-corrected chi connectivity index (χ4v) is 2.86. The van der Waals surface area contributed by atoms with Gasteiger partial charge >= 0.3 is 5.97 Å². The Morgan fingerprint density at radius 3 is 2.81 bits per heavy atom. The molecule has 1 aromatic rings. The number of hydrogen-bond acceptors (Lipinski definition) is 4. The van der Waals surface area contributed by atoms with Gasteiger partial charge in [0, 0.05) is 12.6 Å². The number of aliphatic carboxylic acids is 1. The van der Waals surface area contributed by atoms with Gasteiger partial charge in [-0.05, 0) is 25.5 Å². The molecule has 8 heteroatoms. The smallest absolute Gasteiger partial charge is 0.308 e. The number of furan rings is 1. The van der Waals surface area contributed by atoms with Crippen LogP contribution in [-0.4, -0.2) is 40.2 Å². The Hall–Kier alpha value is -1.57. The van der Waals surface area contributed by atoms with Gasteiger partial charge in [0.25, 0.3) is 11.7 Å². The molecule has 21 heavy (non-hydrogen) atoms. The van der Waals surface area contributed by atoms with Crippen LogP contribution in [0.5, 0.6) is 0 Å². The van der Waals surface area contributed by atoms with E-state index in [4.69, 9.17) is 9.52 Å². The van der Waals surface area contributed by atoms with E-state index < -0.39 is 29.6 Å². The summed E-state index contributed by atoms with van der Waals surface area (Å²) in [5.41, 5.74) is 0. The molecule has 1 amide bonds. The highest BCUT2D eigenvalue weighted by molar-refractivity contribution is 7.98. The van der Waals surface area contributed by atoms with Gasteiger partial charge in [0.15, 0.2) is 5.76 Å². The Labute approximate surface area is 124 Å². The number of halogens is 2. The van der Waals surface area contributed by atoms with Crippen molar-refractivity contribution in [2.24, 2.45) is 5.92 Å². The van der Waals surface area contributed by atoms with Crippen molar-refractivity contribution in [1.29, 1.82) is 0 Å². The molecule has 0 spiro atoms. The standard InChI is InChI=1S/C13H15F2NO4S/c1-7-9(12(18)19)4-5-16(7)11(17)10-3-2-8(20-10)6-21-13(14)15/h2-3,7,9,13H,4-6H2,1H3,(H,18,19). The SMILES string of the molecule is CC1C(C(=O)O)CCN1C(=O)c1ccc(CSC(F)F)o1. The van der Waals surface area contributed by atoms with Gasteiger partial charge in [-0.2, -0.15) is 8.78 Å². The van der Waals surface area contributed by atoms with Gasteiger partial charge in [-0.15, -0.1) is 0 Å². The minimum absolute atomic E-state index is 0.0156. The van der Waals surface area contributed by atoms with E-state index >= 15 is 0 Å². The fourth-order valence-electron chi connectivity index (χ4n) is 2.41. The van der Waals surface area contributed by atoms with Gasteiger partial charge in [0.2, 0.25) is 0 Å². The van der Waals surface area contributed by atoms with E-state index in [1.54, 1.807) is 6.92 Å². The van der Waals surface area contributed by atoms with Crippen LogP contribution in [0.25, 0.3) is 0 Å². The number of carbonyl (C=O) groups is 2. The van der Waals surface area contributed by atoms with Crippen molar-refractivity contribution in [2.45, 2.75) is 30.9 Å². The van der Waals surface area contributed by atoms with Gasteiger partial charge in [-0.25, -0.2) is 0 Å². The number of carboxylic acids is 1. The van der Waals surface area contributed by atoms with Crippen LogP contribution >= 0.6 is 11.8 Å². The maximum Gasteiger partial charge on any atom is 0.308 e. The zero-order valence-electron chi connectivity index (χ0n) is 11.3. The number of carbonyl (C=O) groups excluding carboxylic acids is 1. The van der Waals surface area contributed by atoms with Crippen LogP contribution in [0.1, 0.15) is 29.7 Å². The highest BCUT2D eigenvalue weighted by atomic mass is 32.2. The quantitative estimate of drug-likeness (QED) is 0.903. The van der Waals surface area contributed by atoms with E-state index in [0.29, 0.717) is 30.5 Å². The molecule has 0 radical (unpaired) electrons. The summed E-state index contributed by atoms with van der Waals surface area (Å²) in [6.45, 7) is 2.03. The molecule has 5 nitrogen and oxygen atoms in total. The molecule has 0 aromatic carbocycles. The van der Waals surface area contributed by atoms with Crippen LogP contribution in [0.4, 0.5) is 8.78 Å². The number of nitrogens with zero attached hydrogens (tertiary/aromatic N) is 1. The van der Waals surface area contributed by atoms with E-state index in [9.17, 15) is 18.4 Å². The van der Waals surface area contributed by atoms with Gasteiger partial charge in [0.1, 0.15) is 5.76 Å². The highest BCUT2D eigenvalue weighted by Crippen LogP contribution is 2.27. The third-order valence-corrected chi connectivity index (χ3v) is 4.26. The lowest BCUT2D eigenvalue weighted by atomic mass is 10.0. The third kappa shape index (κ3) is 3.55. The molecule has 2 unspecified atom stereocenters. The molecule has 0 aliphatic carbocycles. The molecule has 1 aliphatic heterocycles. The van der Waals surface area contributed by atoms with Crippen molar-refractivity contribution in [1.82, 2.24) is 4.90 Å². The molecule has 2 rings (SSSR count). The predicted molar refractivity (Wildman–Crippen MR) is 72.2 cm³/mol. The van der Waals surface area contributed by atoms with E-state index in [0.717, 1.165) is 0 Å². The van der Waals surface area contributed by atoms with Gasteiger partial charge in [-0.1, -0.05) is 11.8 Å². The van der Waals surface area contributed by atoms with Crippen LogP contribution in [0.2, 0.25) is 0 Å². The molecular formula is C13H15F2NO4S. The molecule has 0 saturated carbocycles. The van der Waals surface area contributed by atoms with E-state index in [-0.39, 0.29) is 11.5 Å². The molecule has 2 atom stereocenters. The maximum absolute atomic E-state index is 12.3. The average molecular weight is 319 g/mol. The number of alkyl halides is 2. The molecule has 116 valence electrons. The molecule has 2 heterocycles. The maximum atomic E-state index is 12.3. The molecule has 1 aromatic heterocycles. The van der Waals surface area contributed by atoms with Crippen LogP contribution < -0.4 is 0 Å². The predicted octanol–water partition coefficient (Wildman–Crippen LogP) is 2.67. The fraction of sp³-hybridized carbons (Fsp3) is 0.538. The summed E-state index contributed by atoms with van der Waals surface area (Å²) in [7, 11) is 0. The van der Waals surface area contributed by atoms with E-state index in [1.807, 2.05) is 0 Å². The average Bonchev–Trinajstić information content (AvgIpc) is 3.02. The largest absolute Gasteiger partial charge is 0.481 e. The summed E-state index contributed by atoms with van der Waals surface area (Å²) in [5.74, 6) is -4.08. The van der Waals surface area contributed by atoms with Gasteiger partial charge in [-0.3, -0.25) is 9.59 Å². The summed E-state index contributed by atoms with van der Waals surface area (Å²) in [6, 6.07) is 2.50. The summed E-state index contributed by atoms with van der Waals surface area (Å²) in [6.07, 6.45) is 0.400. The normalized spacial score (nSPS) is 22.0. The molecule has 1 saturated heterocycles. The number of rotatable bonds is 5. The Bertz CT molecular complexity index is 534. The second-order valence-electron chi connectivity index (χ2n) is 4.81. The van der Waals surface area contributed by atoms with Gasteiger partial charge in [0.05, 0.1) is 11.7 Å². The first-order valence-electron chi connectivity index (χ1n) is 6.42. The van der Waals surface area contributed by atoms with E-state index in [1.165, 1.54) is 17.0 Å². The van der Waals surface area contributed by atoms with Crippen molar-refractivity contribution < 1.29 is 27.9 Å². The third-order valence-electron chi connectivity index (χ3n) is 3.56. The van der Waals surface area contributed by atoms with Crippen LogP contribution in [-0.2, 0) is 10.5 Å². The lowest BCUT2D eigenvalue weighted by Gasteiger charge is -2.22. The Kier molecular flexibility index (Phi) is 4.87. The summed E-state index contributed by atoms with van der Waals surface area (Å²) in [4.78, 5) is 24.7. The number of carboxylic acid groups (broad SMARTS) is 1. The Morgan fingerprint density at radius 2 is 2.24 bits per heavy atom. The van der Waals surface area contributed by atoms with Crippen LogP contribution in [0, 0.1) is 5.92 Å². The highest BCUT2D eigenvalue weighted by Gasteiger charge is 2.39. The van der Waals surface area contributed by atoms with Crippen molar-refractivity contribution in [2.75, 3.05) is 6.54 Å². The first-order valence-corrected chi connectivity index (χ1v) is 7.47. The number of likely N-dealkylation sites (tertiary alicyclic amines) is 1. The topological polar surface area (TPSA) is 70.8 Å². The minimum Gasteiger partial charge on any atom is -0.481 e. The minimum atomic E-state index is -2.50. The molecule has 0 bridgehead atoms.